The molecule has 0 bridgehead atoms. The minimum Gasteiger partial charge on any atom is -0.340 e. The highest BCUT2D eigenvalue weighted by Gasteiger charge is 2.34. The fraction of sp³-hybridized carbons (Fsp3) is 0.875. The molecular weight excluding hydrogens is 302 g/mol. The Balaban J connectivity index is 0.00000242. The molecule has 2 saturated heterocycles. The van der Waals surface area contributed by atoms with Crippen molar-refractivity contribution < 1.29 is 9.59 Å². The Morgan fingerprint density at radius 1 is 1.14 bits per heavy atom. The van der Waals surface area contributed by atoms with E-state index in [4.69, 9.17) is 0 Å². The van der Waals surface area contributed by atoms with Gasteiger partial charge in [0.05, 0.1) is 0 Å². The fourth-order valence-corrected chi connectivity index (χ4v) is 3.24. The number of nitrogens with one attached hydrogen (secondary N) is 1. The topological polar surface area (TPSA) is 52.7 Å². The molecule has 2 aliphatic rings. The summed E-state index contributed by atoms with van der Waals surface area (Å²) in [6.07, 6.45) is 4.35. The monoisotopic (exact) mass is 331 g/mol. The van der Waals surface area contributed by atoms with E-state index in [9.17, 15) is 9.59 Å². The van der Waals surface area contributed by atoms with Gasteiger partial charge in [-0.05, 0) is 38.1 Å². The van der Waals surface area contributed by atoms with Crippen LogP contribution in [0.15, 0.2) is 0 Å². The normalized spacial score (nSPS) is 21.3. The number of carbonyl (C=O) groups is 2. The SMILES string of the molecule is CC(C)CC(C(=O)N1CCCNCC1)N1CCCCC1=O.Cl. The van der Waals surface area contributed by atoms with Crippen LogP contribution < -0.4 is 5.32 Å². The van der Waals surface area contributed by atoms with Crippen molar-refractivity contribution >= 4 is 24.2 Å². The van der Waals surface area contributed by atoms with Crippen molar-refractivity contribution in [3.05, 3.63) is 0 Å². The molecule has 1 unspecified atom stereocenters. The Hall–Kier alpha value is -0.810. The van der Waals surface area contributed by atoms with Gasteiger partial charge in [-0.25, -0.2) is 0 Å². The van der Waals surface area contributed by atoms with E-state index in [0.717, 1.165) is 58.4 Å². The van der Waals surface area contributed by atoms with E-state index < -0.39 is 0 Å². The molecular formula is C16H30ClN3O2. The summed E-state index contributed by atoms with van der Waals surface area (Å²) in [7, 11) is 0. The van der Waals surface area contributed by atoms with Gasteiger partial charge in [0.15, 0.2) is 0 Å². The summed E-state index contributed by atoms with van der Waals surface area (Å²) >= 11 is 0. The maximum atomic E-state index is 12.9. The third kappa shape index (κ3) is 5.13. The molecule has 5 nitrogen and oxygen atoms in total. The van der Waals surface area contributed by atoms with E-state index in [1.165, 1.54) is 0 Å². The number of halogens is 1. The Labute approximate surface area is 140 Å². The van der Waals surface area contributed by atoms with E-state index in [1.54, 1.807) is 0 Å². The maximum absolute atomic E-state index is 12.9. The largest absolute Gasteiger partial charge is 0.340 e. The molecule has 1 atom stereocenters. The summed E-state index contributed by atoms with van der Waals surface area (Å²) in [5.74, 6) is 0.731. The molecule has 22 heavy (non-hydrogen) atoms. The number of amides is 2. The average molecular weight is 332 g/mol. The second kappa shape index (κ2) is 9.36. The third-order valence-electron chi connectivity index (χ3n) is 4.37. The van der Waals surface area contributed by atoms with E-state index in [-0.39, 0.29) is 30.3 Å². The molecule has 0 radical (unpaired) electrons. The second-order valence-corrected chi connectivity index (χ2v) is 6.62. The minimum atomic E-state index is -0.254. The summed E-state index contributed by atoms with van der Waals surface area (Å²) < 4.78 is 0. The molecule has 0 saturated carbocycles. The van der Waals surface area contributed by atoms with Crippen LogP contribution in [0, 0.1) is 5.92 Å². The van der Waals surface area contributed by atoms with E-state index in [0.29, 0.717) is 12.3 Å². The number of hydrogen-bond donors (Lipinski definition) is 1. The van der Waals surface area contributed by atoms with Crippen LogP contribution in [-0.2, 0) is 9.59 Å². The van der Waals surface area contributed by atoms with Crippen molar-refractivity contribution in [1.82, 2.24) is 15.1 Å². The minimum absolute atomic E-state index is 0. The molecule has 6 heteroatoms. The summed E-state index contributed by atoms with van der Waals surface area (Å²) in [6.45, 7) is 8.39. The quantitative estimate of drug-likeness (QED) is 0.852. The smallest absolute Gasteiger partial charge is 0.245 e. The number of nitrogens with zero attached hydrogens (tertiary/aromatic N) is 2. The van der Waals surface area contributed by atoms with Crippen molar-refractivity contribution in [3.63, 3.8) is 0 Å². The first-order valence-corrected chi connectivity index (χ1v) is 8.38. The van der Waals surface area contributed by atoms with Gasteiger partial charge < -0.3 is 15.1 Å². The lowest BCUT2D eigenvalue weighted by molar-refractivity contribution is -0.148. The highest BCUT2D eigenvalue weighted by atomic mass is 35.5. The lowest BCUT2D eigenvalue weighted by Crippen LogP contribution is -2.53. The molecule has 0 aromatic heterocycles. The zero-order valence-corrected chi connectivity index (χ0v) is 14.7. The van der Waals surface area contributed by atoms with Gasteiger partial charge in [0, 0.05) is 32.6 Å². The predicted octanol–water partition coefficient (Wildman–Crippen LogP) is 1.66. The first-order chi connectivity index (χ1) is 10.1. The zero-order chi connectivity index (χ0) is 15.2. The molecule has 0 aromatic rings. The van der Waals surface area contributed by atoms with Gasteiger partial charge in [0.1, 0.15) is 6.04 Å². The van der Waals surface area contributed by atoms with Crippen LogP contribution >= 0.6 is 12.4 Å². The second-order valence-electron chi connectivity index (χ2n) is 6.62. The van der Waals surface area contributed by atoms with Crippen LogP contribution in [0.1, 0.15) is 46.0 Å². The van der Waals surface area contributed by atoms with Gasteiger partial charge >= 0.3 is 0 Å². The Morgan fingerprint density at radius 3 is 2.59 bits per heavy atom. The van der Waals surface area contributed by atoms with E-state index in [1.807, 2.05) is 9.80 Å². The Morgan fingerprint density at radius 2 is 1.91 bits per heavy atom. The summed E-state index contributed by atoms with van der Waals surface area (Å²) in [4.78, 5) is 29.0. The molecule has 2 amide bonds. The number of piperidine rings is 1. The maximum Gasteiger partial charge on any atom is 0.245 e. The number of carbonyl (C=O) groups excluding carboxylic acids is 2. The van der Waals surface area contributed by atoms with Gasteiger partial charge in [0.2, 0.25) is 11.8 Å². The first-order valence-electron chi connectivity index (χ1n) is 8.38. The van der Waals surface area contributed by atoms with Gasteiger partial charge in [0.25, 0.3) is 0 Å². The van der Waals surface area contributed by atoms with Crippen molar-refractivity contribution in [1.29, 1.82) is 0 Å². The molecule has 2 rings (SSSR count). The van der Waals surface area contributed by atoms with Crippen molar-refractivity contribution in [3.8, 4) is 0 Å². The fourth-order valence-electron chi connectivity index (χ4n) is 3.24. The average Bonchev–Trinajstić information content (AvgIpc) is 2.74. The Bertz CT molecular complexity index is 368. The van der Waals surface area contributed by atoms with Gasteiger partial charge in [-0.2, -0.15) is 0 Å². The number of hydrogen-bond acceptors (Lipinski definition) is 3. The standard InChI is InChI=1S/C16H29N3O2.ClH/c1-13(2)12-14(19-10-4-3-6-15(19)20)16(21)18-9-5-7-17-8-11-18;/h13-14,17H,3-12H2,1-2H3;1H. The molecule has 0 aliphatic carbocycles. The van der Waals surface area contributed by atoms with Gasteiger partial charge in [-0.15, -0.1) is 12.4 Å². The highest BCUT2D eigenvalue weighted by molar-refractivity contribution is 5.88. The van der Waals surface area contributed by atoms with Crippen LogP contribution in [0.5, 0.6) is 0 Å². The predicted molar refractivity (Wildman–Crippen MR) is 90.1 cm³/mol. The molecule has 2 aliphatic heterocycles. The first kappa shape index (κ1) is 19.2. The van der Waals surface area contributed by atoms with Crippen LogP contribution in [0.25, 0.3) is 0 Å². The Kier molecular flexibility index (Phi) is 8.18. The van der Waals surface area contributed by atoms with Gasteiger partial charge in [-0.1, -0.05) is 13.8 Å². The van der Waals surface area contributed by atoms with Crippen molar-refractivity contribution in [2.75, 3.05) is 32.7 Å². The zero-order valence-electron chi connectivity index (χ0n) is 13.8. The molecule has 1 N–H and O–H groups in total. The van der Waals surface area contributed by atoms with Crippen LogP contribution in [-0.4, -0.2) is 60.4 Å². The number of likely N-dealkylation sites (tertiary alicyclic amines) is 1. The van der Waals surface area contributed by atoms with E-state index in [2.05, 4.69) is 19.2 Å². The summed E-state index contributed by atoms with van der Waals surface area (Å²) in [5, 5.41) is 3.33. The summed E-state index contributed by atoms with van der Waals surface area (Å²) in [6, 6.07) is -0.254. The lowest BCUT2D eigenvalue weighted by Gasteiger charge is -2.37. The third-order valence-corrected chi connectivity index (χ3v) is 4.37. The molecule has 128 valence electrons. The summed E-state index contributed by atoms with van der Waals surface area (Å²) in [5.41, 5.74) is 0. The molecule has 2 heterocycles. The van der Waals surface area contributed by atoms with Crippen LogP contribution in [0.4, 0.5) is 0 Å². The number of rotatable bonds is 4. The van der Waals surface area contributed by atoms with Crippen LogP contribution in [0.3, 0.4) is 0 Å². The van der Waals surface area contributed by atoms with Gasteiger partial charge in [-0.3, -0.25) is 9.59 Å². The van der Waals surface area contributed by atoms with Crippen molar-refractivity contribution in [2.45, 2.75) is 52.0 Å². The highest BCUT2D eigenvalue weighted by Crippen LogP contribution is 2.21. The molecule has 2 fully saturated rings. The molecule has 0 spiro atoms. The van der Waals surface area contributed by atoms with E-state index >= 15 is 0 Å². The van der Waals surface area contributed by atoms with Crippen LogP contribution in [0.2, 0.25) is 0 Å². The lowest BCUT2D eigenvalue weighted by atomic mass is 9.98. The van der Waals surface area contributed by atoms with Crippen molar-refractivity contribution in [2.24, 2.45) is 5.92 Å². The molecule has 0 aromatic carbocycles.